The summed E-state index contributed by atoms with van der Waals surface area (Å²) in [5.74, 6) is 2.67. The molecule has 0 unspecified atom stereocenters. The van der Waals surface area contributed by atoms with Gasteiger partial charge in [-0.3, -0.25) is 0 Å². The van der Waals surface area contributed by atoms with Gasteiger partial charge in [0, 0.05) is 44.4 Å². The molecule has 1 aliphatic rings. The van der Waals surface area contributed by atoms with Crippen LogP contribution < -0.4 is 15.5 Å². The van der Waals surface area contributed by atoms with E-state index in [4.69, 9.17) is 4.98 Å². The third-order valence-electron chi connectivity index (χ3n) is 3.54. The number of hydrogen-bond donors (Lipinski definition) is 2. The number of aromatic nitrogens is 2. The van der Waals surface area contributed by atoms with Crippen LogP contribution in [0.15, 0.2) is 36.4 Å². The zero-order valence-corrected chi connectivity index (χ0v) is 12.3. The van der Waals surface area contributed by atoms with Gasteiger partial charge in [-0.05, 0) is 6.92 Å². The Labute approximate surface area is 125 Å². The first-order chi connectivity index (χ1) is 10.4. The highest BCUT2D eigenvalue weighted by Gasteiger charge is 2.14. The summed E-state index contributed by atoms with van der Waals surface area (Å²) in [5.41, 5.74) is 1.05. The fraction of sp³-hybridized carbons (Fsp3) is 0.375. The van der Waals surface area contributed by atoms with Gasteiger partial charge >= 0.3 is 0 Å². The van der Waals surface area contributed by atoms with Crippen LogP contribution in [-0.2, 0) is 0 Å². The number of nitrogens with zero attached hydrogens (tertiary/aromatic N) is 3. The number of rotatable bonds is 4. The van der Waals surface area contributed by atoms with Crippen LogP contribution in [0.1, 0.15) is 6.92 Å². The van der Waals surface area contributed by atoms with E-state index in [1.807, 2.05) is 36.4 Å². The van der Waals surface area contributed by atoms with Crippen molar-refractivity contribution in [1.29, 1.82) is 0 Å². The van der Waals surface area contributed by atoms with E-state index in [9.17, 15) is 0 Å². The molecule has 2 N–H and O–H groups in total. The van der Waals surface area contributed by atoms with Gasteiger partial charge in [0.25, 0.3) is 0 Å². The lowest BCUT2D eigenvalue weighted by Gasteiger charge is -2.28. The van der Waals surface area contributed by atoms with Gasteiger partial charge < -0.3 is 15.5 Å². The Morgan fingerprint density at radius 2 is 1.90 bits per heavy atom. The minimum absolute atomic E-state index is 0.780. The van der Waals surface area contributed by atoms with Crippen LogP contribution in [0.4, 0.5) is 11.6 Å². The molecular formula is C16H21N5. The maximum atomic E-state index is 4.76. The molecular weight excluding hydrogens is 262 g/mol. The summed E-state index contributed by atoms with van der Waals surface area (Å²) in [6, 6.07) is 12.2. The molecule has 1 saturated heterocycles. The highest BCUT2D eigenvalue weighted by Crippen LogP contribution is 2.22. The summed E-state index contributed by atoms with van der Waals surface area (Å²) in [7, 11) is 0. The van der Waals surface area contributed by atoms with Crippen LogP contribution in [0.25, 0.3) is 11.4 Å². The minimum Gasteiger partial charge on any atom is -0.370 e. The molecule has 0 aliphatic carbocycles. The van der Waals surface area contributed by atoms with E-state index in [2.05, 4.69) is 27.4 Å². The van der Waals surface area contributed by atoms with Gasteiger partial charge in [-0.2, -0.15) is 0 Å². The van der Waals surface area contributed by atoms with Crippen LogP contribution in [0.3, 0.4) is 0 Å². The summed E-state index contributed by atoms with van der Waals surface area (Å²) in [4.78, 5) is 11.7. The summed E-state index contributed by atoms with van der Waals surface area (Å²) in [6.07, 6.45) is 0. The third kappa shape index (κ3) is 3.31. The lowest BCUT2D eigenvalue weighted by Crippen LogP contribution is -2.44. The maximum absolute atomic E-state index is 4.76. The van der Waals surface area contributed by atoms with E-state index in [-0.39, 0.29) is 0 Å². The second kappa shape index (κ2) is 6.54. The van der Waals surface area contributed by atoms with Crippen molar-refractivity contribution < 1.29 is 0 Å². The smallest absolute Gasteiger partial charge is 0.163 e. The second-order valence-corrected chi connectivity index (χ2v) is 5.07. The second-order valence-electron chi connectivity index (χ2n) is 5.07. The van der Waals surface area contributed by atoms with Gasteiger partial charge in [0.1, 0.15) is 11.6 Å². The van der Waals surface area contributed by atoms with Crippen LogP contribution >= 0.6 is 0 Å². The molecule has 0 spiro atoms. The van der Waals surface area contributed by atoms with Crippen LogP contribution in [0.5, 0.6) is 0 Å². The Hall–Kier alpha value is -2.14. The molecule has 0 saturated carbocycles. The van der Waals surface area contributed by atoms with Crippen molar-refractivity contribution in [2.75, 3.05) is 42.9 Å². The van der Waals surface area contributed by atoms with Gasteiger partial charge in [-0.1, -0.05) is 30.3 Å². The molecule has 1 aromatic heterocycles. The number of anilines is 2. The Bertz CT molecular complexity index is 578. The van der Waals surface area contributed by atoms with E-state index >= 15 is 0 Å². The highest BCUT2D eigenvalue weighted by molar-refractivity contribution is 5.61. The van der Waals surface area contributed by atoms with Crippen molar-refractivity contribution in [3.63, 3.8) is 0 Å². The van der Waals surface area contributed by atoms with Crippen LogP contribution in [0.2, 0.25) is 0 Å². The molecule has 2 aromatic rings. The molecule has 5 heteroatoms. The lowest BCUT2D eigenvalue weighted by molar-refractivity contribution is 0.585. The van der Waals surface area contributed by atoms with Crippen molar-refractivity contribution in [3.8, 4) is 11.4 Å². The summed E-state index contributed by atoms with van der Waals surface area (Å²) in [5, 5.41) is 6.67. The molecule has 1 aliphatic heterocycles. The normalized spacial score (nSPS) is 15.0. The van der Waals surface area contributed by atoms with Gasteiger partial charge in [0.05, 0.1) is 0 Å². The predicted octanol–water partition coefficient (Wildman–Crippen LogP) is 1.98. The largest absolute Gasteiger partial charge is 0.370 e. The molecule has 1 aromatic carbocycles. The van der Waals surface area contributed by atoms with Gasteiger partial charge in [-0.15, -0.1) is 0 Å². The first kappa shape index (κ1) is 13.8. The SMILES string of the molecule is CCNc1cc(N2CCNCC2)nc(-c2ccccc2)n1. The van der Waals surface area contributed by atoms with Crippen molar-refractivity contribution in [2.24, 2.45) is 0 Å². The molecule has 0 atom stereocenters. The maximum Gasteiger partial charge on any atom is 0.163 e. The Morgan fingerprint density at radius 3 is 2.62 bits per heavy atom. The van der Waals surface area contributed by atoms with Crippen LogP contribution in [0, 0.1) is 0 Å². The Morgan fingerprint density at radius 1 is 1.14 bits per heavy atom. The highest BCUT2D eigenvalue weighted by atomic mass is 15.2. The van der Waals surface area contributed by atoms with E-state index in [0.717, 1.165) is 55.7 Å². The fourth-order valence-corrected chi connectivity index (χ4v) is 2.48. The van der Waals surface area contributed by atoms with Gasteiger partial charge in [0.2, 0.25) is 0 Å². The molecule has 0 bridgehead atoms. The van der Waals surface area contributed by atoms with Gasteiger partial charge in [-0.25, -0.2) is 9.97 Å². The van der Waals surface area contributed by atoms with E-state index < -0.39 is 0 Å². The fourth-order valence-electron chi connectivity index (χ4n) is 2.48. The predicted molar refractivity (Wildman–Crippen MR) is 86.7 cm³/mol. The zero-order chi connectivity index (χ0) is 14.5. The van der Waals surface area contributed by atoms with Crippen molar-refractivity contribution in [2.45, 2.75) is 6.92 Å². The molecule has 1 fully saturated rings. The summed E-state index contributed by atoms with van der Waals surface area (Å²) < 4.78 is 0. The lowest BCUT2D eigenvalue weighted by atomic mass is 10.2. The first-order valence-electron chi connectivity index (χ1n) is 7.51. The molecule has 5 nitrogen and oxygen atoms in total. The number of piperazine rings is 1. The topological polar surface area (TPSA) is 53.1 Å². The Kier molecular flexibility index (Phi) is 4.31. The Balaban J connectivity index is 1.97. The summed E-state index contributed by atoms with van der Waals surface area (Å²) >= 11 is 0. The van der Waals surface area contributed by atoms with E-state index in [1.54, 1.807) is 0 Å². The number of benzene rings is 1. The zero-order valence-electron chi connectivity index (χ0n) is 12.3. The van der Waals surface area contributed by atoms with Crippen molar-refractivity contribution >= 4 is 11.6 Å². The molecule has 110 valence electrons. The number of nitrogens with one attached hydrogen (secondary N) is 2. The monoisotopic (exact) mass is 283 g/mol. The molecule has 21 heavy (non-hydrogen) atoms. The van der Waals surface area contributed by atoms with Crippen molar-refractivity contribution in [1.82, 2.24) is 15.3 Å². The average Bonchev–Trinajstić information content (AvgIpc) is 2.56. The third-order valence-corrected chi connectivity index (χ3v) is 3.54. The first-order valence-corrected chi connectivity index (χ1v) is 7.51. The van der Waals surface area contributed by atoms with E-state index in [1.165, 1.54) is 0 Å². The standard InChI is InChI=1S/C16H21N5/c1-2-18-14-12-15(21-10-8-17-9-11-21)20-16(19-14)13-6-4-3-5-7-13/h3-7,12,17H,2,8-11H2,1H3,(H,18,19,20). The molecule has 2 heterocycles. The quantitative estimate of drug-likeness (QED) is 0.898. The minimum atomic E-state index is 0.780. The number of hydrogen-bond acceptors (Lipinski definition) is 5. The molecule has 0 amide bonds. The van der Waals surface area contributed by atoms with Crippen molar-refractivity contribution in [3.05, 3.63) is 36.4 Å². The van der Waals surface area contributed by atoms with E-state index in [0.29, 0.717) is 0 Å². The van der Waals surface area contributed by atoms with Crippen LogP contribution in [-0.4, -0.2) is 42.7 Å². The molecule has 3 rings (SSSR count). The van der Waals surface area contributed by atoms with Gasteiger partial charge in [0.15, 0.2) is 5.82 Å². The summed E-state index contributed by atoms with van der Waals surface area (Å²) in [6.45, 7) is 6.90. The average molecular weight is 283 g/mol. The molecule has 0 radical (unpaired) electrons.